The van der Waals surface area contributed by atoms with Gasteiger partial charge in [0.05, 0.1) is 19.7 Å². The van der Waals surface area contributed by atoms with Crippen molar-refractivity contribution in [1.29, 1.82) is 0 Å². The largest absolute Gasteiger partial charge is 0.497 e. The molecule has 1 aromatic rings. The SMILES string of the molecule is CCNC(=NCC(C)N1CCN(C)CC1)NCC(c1ccc(OC)cc1)N1CCCCC1.I. The highest BCUT2D eigenvalue weighted by molar-refractivity contribution is 14.0. The lowest BCUT2D eigenvalue weighted by molar-refractivity contribution is 0.122. The van der Waals surface area contributed by atoms with Crippen LogP contribution < -0.4 is 15.4 Å². The van der Waals surface area contributed by atoms with Crippen LogP contribution in [0.1, 0.15) is 44.7 Å². The van der Waals surface area contributed by atoms with Gasteiger partial charge in [-0.15, -0.1) is 24.0 Å². The molecule has 0 bridgehead atoms. The zero-order chi connectivity index (χ0) is 22.8. The van der Waals surface area contributed by atoms with Gasteiger partial charge in [0.25, 0.3) is 0 Å². The third-order valence-electron chi connectivity index (χ3n) is 6.81. The van der Waals surface area contributed by atoms with Gasteiger partial charge in [-0.3, -0.25) is 14.8 Å². The molecule has 2 aliphatic heterocycles. The minimum atomic E-state index is 0. The summed E-state index contributed by atoms with van der Waals surface area (Å²) in [5, 5.41) is 7.10. The standard InChI is InChI=1S/C25H44N6O.HI/c1-5-26-25(27-19-21(2)30-17-15-29(3)16-18-30)28-20-24(31-13-7-6-8-14-31)22-9-11-23(32-4)12-10-22;/h9-12,21,24H,5-8,13-20H2,1-4H3,(H2,26,27,28);1H. The Morgan fingerprint density at radius 1 is 0.970 bits per heavy atom. The zero-order valence-electron chi connectivity index (χ0n) is 21.1. The Morgan fingerprint density at radius 3 is 2.24 bits per heavy atom. The third-order valence-corrected chi connectivity index (χ3v) is 6.81. The van der Waals surface area contributed by atoms with Crippen molar-refractivity contribution in [2.75, 3.05) is 73.1 Å². The van der Waals surface area contributed by atoms with E-state index in [0.29, 0.717) is 12.1 Å². The predicted molar refractivity (Wildman–Crippen MR) is 149 cm³/mol. The molecule has 2 aliphatic rings. The summed E-state index contributed by atoms with van der Waals surface area (Å²) >= 11 is 0. The Hall–Kier alpha value is -1.10. The zero-order valence-corrected chi connectivity index (χ0v) is 23.4. The maximum Gasteiger partial charge on any atom is 0.191 e. The number of likely N-dealkylation sites (tertiary alicyclic amines) is 1. The van der Waals surface area contributed by atoms with E-state index < -0.39 is 0 Å². The number of aliphatic imine (C=N–C) groups is 1. The number of rotatable bonds is 9. The summed E-state index contributed by atoms with van der Waals surface area (Å²) < 4.78 is 5.37. The van der Waals surface area contributed by atoms with Gasteiger partial charge in [-0.25, -0.2) is 0 Å². The first-order valence-corrected chi connectivity index (χ1v) is 12.4. The number of piperidine rings is 1. The van der Waals surface area contributed by atoms with Crippen molar-refractivity contribution < 1.29 is 4.74 Å². The Bertz CT molecular complexity index is 687. The summed E-state index contributed by atoms with van der Waals surface area (Å²) in [6, 6.07) is 9.35. The highest BCUT2D eigenvalue weighted by atomic mass is 127. The highest BCUT2D eigenvalue weighted by Crippen LogP contribution is 2.25. The van der Waals surface area contributed by atoms with Crippen molar-refractivity contribution in [3.63, 3.8) is 0 Å². The predicted octanol–water partition coefficient (Wildman–Crippen LogP) is 3.03. The maximum atomic E-state index is 5.37. The highest BCUT2D eigenvalue weighted by Gasteiger charge is 2.23. The molecule has 8 heteroatoms. The number of hydrogen-bond acceptors (Lipinski definition) is 5. The lowest BCUT2D eigenvalue weighted by Gasteiger charge is -2.36. The van der Waals surface area contributed by atoms with Crippen LogP contribution in [0.2, 0.25) is 0 Å². The molecule has 0 radical (unpaired) electrons. The molecule has 2 heterocycles. The number of piperazine rings is 1. The molecular formula is C25H45IN6O. The number of ether oxygens (including phenoxy) is 1. The van der Waals surface area contributed by atoms with Crippen molar-refractivity contribution in [3.05, 3.63) is 29.8 Å². The fourth-order valence-corrected chi connectivity index (χ4v) is 4.65. The van der Waals surface area contributed by atoms with Gasteiger partial charge in [0.1, 0.15) is 5.75 Å². The number of nitrogens with zero attached hydrogens (tertiary/aromatic N) is 4. The average molecular weight is 573 g/mol. The van der Waals surface area contributed by atoms with E-state index in [0.717, 1.165) is 70.6 Å². The van der Waals surface area contributed by atoms with E-state index in [-0.39, 0.29) is 24.0 Å². The smallest absolute Gasteiger partial charge is 0.191 e. The van der Waals surface area contributed by atoms with Gasteiger partial charge < -0.3 is 20.3 Å². The number of hydrogen-bond donors (Lipinski definition) is 2. The molecular weight excluding hydrogens is 527 g/mol. The Labute approximate surface area is 218 Å². The van der Waals surface area contributed by atoms with Gasteiger partial charge in [-0.05, 0) is 64.5 Å². The molecule has 2 fully saturated rings. The molecule has 7 nitrogen and oxygen atoms in total. The van der Waals surface area contributed by atoms with Gasteiger partial charge in [0.2, 0.25) is 0 Å². The summed E-state index contributed by atoms with van der Waals surface area (Å²) in [4.78, 5) is 12.5. The molecule has 0 spiro atoms. The van der Waals surface area contributed by atoms with Crippen molar-refractivity contribution in [1.82, 2.24) is 25.3 Å². The first kappa shape index (κ1) is 28.1. The molecule has 0 aliphatic carbocycles. The van der Waals surface area contributed by atoms with Gasteiger partial charge in [0, 0.05) is 45.3 Å². The second-order valence-electron chi connectivity index (χ2n) is 9.17. The number of benzene rings is 1. The van der Waals surface area contributed by atoms with E-state index in [1.165, 1.54) is 24.8 Å². The Balaban J connectivity index is 0.00000385. The summed E-state index contributed by atoms with van der Waals surface area (Å²) in [6.45, 7) is 13.8. The minimum absolute atomic E-state index is 0. The number of guanidine groups is 1. The van der Waals surface area contributed by atoms with Gasteiger partial charge in [-0.2, -0.15) is 0 Å². The second kappa shape index (κ2) is 15.0. The van der Waals surface area contributed by atoms with Crippen molar-refractivity contribution >= 4 is 29.9 Å². The fourth-order valence-electron chi connectivity index (χ4n) is 4.65. The molecule has 188 valence electrons. The summed E-state index contributed by atoms with van der Waals surface area (Å²) in [5.41, 5.74) is 1.34. The fraction of sp³-hybridized carbons (Fsp3) is 0.720. The number of methoxy groups -OCH3 is 1. The molecule has 0 amide bonds. The molecule has 2 saturated heterocycles. The van der Waals surface area contributed by atoms with E-state index in [2.05, 4.69) is 70.5 Å². The minimum Gasteiger partial charge on any atom is -0.497 e. The average Bonchev–Trinajstić information content (AvgIpc) is 2.84. The second-order valence-corrected chi connectivity index (χ2v) is 9.17. The van der Waals surface area contributed by atoms with E-state index >= 15 is 0 Å². The van der Waals surface area contributed by atoms with Crippen LogP contribution in [0.4, 0.5) is 0 Å². The van der Waals surface area contributed by atoms with Gasteiger partial charge in [0.15, 0.2) is 5.96 Å². The van der Waals surface area contributed by atoms with Crippen LogP contribution in [-0.4, -0.2) is 99.8 Å². The normalized spacial score (nSPS) is 20.5. The third kappa shape index (κ3) is 8.88. The number of likely N-dealkylation sites (N-methyl/N-ethyl adjacent to an activating group) is 1. The molecule has 0 saturated carbocycles. The van der Waals surface area contributed by atoms with E-state index in [9.17, 15) is 0 Å². The molecule has 2 unspecified atom stereocenters. The molecule has 3 rings (SSSR count). The molecule has 0 aromatic heterocycles. The van der Waals surface area contributed by atoms with E-state index in [4.69, 9.17) is 9.73 Å². The Kier molecular flexibility index (Phi) is 12.8. The lowest BCUT2D eigenvalue weighted by Crippen LogP contribution is -2.49. The van der Waals surface area contributed by atoms with Gasteiger partial charge in [-0.1, -0.05) is 18.6 Å². The summed E-state index contributed by atoms with van der Waals surface area (Å²) in [7, 11) is 3.93. The van der Waals surface area contributed by atoms with Crippen molar-refractivity contribution in [2.24, 2.45) is 4.99 Å². The topological polar surface area (TPSA) is 55.4 Å². The van der Waals surface area contributed by atoms with Crippen LogP contribution in [0.3, 0.4) is 0 Å². The van der Waals surface area contributed by atoms with Crippen LogP contribution in [-0.2, 0) is 0 Å². The quantitative estimate of drug-likeness (QED) is 0.270. The van der Waals surface area contributed by atoms with Crippen LogP contribution in [0, 0.1) is 0 Å². The molecule has 1 aromatic carbocycles. The van der Waals surface area contributed by atoms with Crippen molar-refractivity contribution in [2.45, 2.75) is 45.2 Å². The lowest BCUT2D eigenvalue weighted by atomic mass is 10.0. The molecule has 33 heavy (non-hydrogen) atoms. The van der Waals surface area contributed by atoms with Crippen LogP contribution in [0.15, 0.2) is 29.3 Å². The monoisotopic (exact) mass is 572 g/mol. The van der Waals surface area contributed by atoms with Crippen LogP contribution in [0.25, 0.3) is 0 Å². The van der Waals surface area contributed by atoms with Gasteiger partial charge >= 0.3 is 0 Å². The van der Waals surface area contributed by atoms with E-state index in [1.807, 2.05) is 0 Å². The van der Waals surface area contributed by atoms with Crippen LogP contribution >= 0.6 is 24.0 Å². The van der Waals surface area contributed by atoms with Crippen molar-refractivity contribution in [3.8, 4) is 5.75 Å². The van der Waals surface area contributed by atoms with E-state index in [1.54, 1.807) is 7.11 Å². The first-order chi connectivity index (χ1) is 15.6. The Morgan fingerprint density at radius 2 is 1.64 bits per heavy atom. The number of nitrogens with one attached hydrogen (secondary N) is 2. The van der Waals surface area contributed by atoms with Crippen LogP contribution in [0.5, 0.6) is 5.75 Å². The maximum absolute atomic E-state index is 5.37. The molecule has 2 atom stereocenters. The summed E-state index contributed by atoms with van der Waals surface area (Å²) in [5.74, 6) is 1.83. The first-order valence-electron chi connectivity index (χ1n) is 12.4. The molecule has 2 N–H and O–H groups in total. The summed E-state index contributed by atoms with van der Waals surface area (Å²) in [6.07, 6.45) is 3.90. The number of halogens is 1.